The number of amides is 1. The van der Waals surface area contributed by atoms with Crippen LogP contribution in [0, 0.1) is 20.8 Å². The number of nitrogens with zero attached hydrogens (tertiary/aromatic N) is 1. The van der Waals surface area contributed by atoms with Crippen LogP contribution in [0.4, 0.5) is 5.69 Å². The topological polar surface area (TPSA) is 66.5 Å². The van der Waals surface area contributed by atoms with Crippen molar-refractivity contribution in [3.63, 3.8) is 0 Å². The van der Waals surface area contributed by atoms with Crippen LogP contribution in [0.15, 0.2) is 36.4 Å². The van der Waals surface area contributed by atoms with Gasteiger partial charge in [-0.2, -0.15) is 0 Å². The lowest BCUT2D eigenvalue weighted by molar-refractivity contribution is -0.122. The molecule has 2 aromatic carbocycles. The first kappa shape index (κ1) is 23.2. The van der Waals surface area contributed by atoms with Crippen LogP contribution in [-0.4, -0.2) is 26.6 Å². The summed E-state index contributed by atoms with van der Waals surface area (Å²) in [6.07, 6.45) is 1.78. The Morgan fingerprint density at radius 3 is 2.28 bits per heavy atom. The van der Waals surface area contributed by atoms with Crippen molar-refractivity contribution in [1.82, 2.24) is 5.32 Å². The van der Waals surface area contributed by atoms with E-state index in [9.17, 15) is 13.2 Å². The van der Waals surface area contributed by atoms with E-state index in [4.69, 9.17) is 11.6 Å². The minimum Gasteiger partial charge on any atom is -0.347 e. The Hall–Kier alpha value is -2.05. The van der Waals surface area contributed by atoms with Gasteiger partial charge in [-0.3, -0.25) is 9.10 Å². The molecule has 0 unspecified atom stereocenters. The molecule has 1 amide bonds. The van der Waals surface area contributed by atoms with Gasteiger partial charge in [0.05, 0.1) is 18.0 Å². The van der Waals surface area contributed by atoms with Crippen LogP contribution in [0.3, 0.4) is 0 Å². The predicted octanol–water partition coefficient (Wildman–Crippen LogP) is 4.69. The largest absolute Gasteiger partial charge is 0.347 e. The molecule has 0 spiro atoms. The highest BCUT2D eigenvalue weighted by molar-refractivity contribution is 7.92. The molecule has 0 radical (unpaired) electrons. The van der Waals surface area contributed by atoms with Crippen molar-refractivity contribution in [3.8, 4) is 0 Å². The summed E-state index contributed by atoms with van der Waals surface area (Å²) in [5, 5.41) is 3.46. The quantitative estimate of drug-likeness (QED) is 0.684. The van der Waals surface area contributed by atoms with Crippen molar-refractivity contribution in [2.45, 2.75) is 53.1 Å². The van der Waals surface area contributed by atoms with Crippen LogP contribution in [0.5, 0.6) is 0 Å². The van der Waals surface area contributed by atoms with E-state index in [-0.39, 0.29) is 11.9 Å². The highest BCUT2D eigenvalue weighted by atomic mass is 35.5. The zero-order valence-electron chi connectivity index (χ0n) is 17.8. The van der Waals surface area contributed by atoms with Gasteiger partial charge in [-0.15, -0.1) is 0 Å². The number of anilines is 1. The van der Waals surface area contributed by atoms with Crippen LogP contribution >= 0.6 is 11.6 Å². The van der Waals surface area contributed by atoms with Crippen LogP contribution in [0.25, 0.3) is 0 Å². The lowest BCUT2D eigenvalue weighted by atomic mass is 9.97. The lowest BCUT2D eigenvalue weighted by Gasteiger charge is -2.30. The third kappa shape index (κ3) is 5.52. The zero-order chi connectivity index (χ0) is 21.9. The highest BCUT2D eigenvalue weighted by Gasteiger charge is 2.30. The molecule has 0 bridgehead atoms. The number of hydrogen-bond acceptors (Lipinski definition) is 3. The van der Waals surface area contributed by atoms with Crippen molar-refractivity contribution in [3.05, 3.63) is 63.7 Å². The third-order valence-electron chi connectivity index (χ3n) is 5.02. The molecule has 5 nitrogen and oxygen atoms in total. The Morgan fingerprint density at radius 1 is 1.10 bits per heavy atom. The average molecular weight is 437 g/mol. The van der Waals surface area contributed by atoms with E-state index in [0.717, 1.165) is 32.8 Å². The molecule has 1 N–H and O–H groups in total. The summed E-state index contributed by atoms with van der Waals surface area (Å²) >= 11 is 6.19. The number of carbonyl (C=O) groups is 1. The van der Waals surface area contributed by atoms with Crippen LogP contribution < -0.4 is 9.62 Å². The van der Waals surface area contributed by atoms with Gasteiger partial charge >= 0.3 is 0 Å². The molecule has 0 saturated heterocycles. The van der Waals surface area contributed by atoms with Crippen LogP contribution in [0.2, 0.25) is 5.02 Å². The molecular formula is C22H29ClN2O3S. The predicted molar refractivity (Wildman–Crippen MR) is 120 cm³/mol. The molecule has 0 saturated carbocycles. The summed E-state index contributed by atoms with van der Waals surface area (Å²) < 4.78 is 26.1. The van der Waals surface area contributed by atoms with Crippen molar-refractivity contribution in [2.24, 2.45) is 0 Å². The second kappa shape index (κ2) is 9.18. The normalized spacial score (nSPS) is 13.6. The number of benzene rings is 2. The van der Waals surface area contributed by atoms with Crippen LogP contribution in [0.1, 0.15) is 48.6 Å². The molecule has 0 aliphatic heterocycles. The highest BCUT2D eigenvalue weighted by Crippen LogP contribution is 2.27. The maximum Gasteiger partial charge on any atom is 0.244 e. The Balaban J connectivity index is 2.34. The van der Waals surface area contributed by atoms with Crippen LogP contribution in [-0.2, 0) is 14.8 Å². The van der Waals surface area contributed by atoms with Gasteiger partial charge < -0.3 is 5.32 Å². The number of halogens is 1. The fourth-order valence-electron chi connectivity index (χ4n) is 3.44. The number of carbonyl (C=O) groups excluding carboxylic acids is 1. The van der Waals surface area contributed by atoms with Gasteiger partial charge in [0, 0.05) is 5.02 Å². The summed E-state index contributed by atoms with van der Waals surface area (Å²) in [7, 11) is -3.70. The number of hydrogen-bond donors (Lipinski definition) is 1. The van der Waals surface area contributed by atoms with Gasteiger partial charge in [0.25, 0.3) is 0 Å². The maximum absolute atomic E-state index is 13.0. The third-order valence-corrected chi connectivity index (χ3v) is 6.67. The molecule has 0 aliphatic carbocycles. The first-order chi connectivity index (χ1) is 13.5. The monoisotopic (exact) mass is 436 g/mol. The standard InChI is InChI=1S/C22H29ClN2O3S/c1-7-21(19-11-8-14(2)12-16(19)4)24-22(26)17(5)25(29(6,27)28)18-10-9-15(3)20(23)13-18/h8-13,17,21H,7H2,1-6H3,(H,24,26)/t17-,21+/m0/s1. The molecule has 7 heteroatoms. The minimum absolute atomic E-state index is 0.200. The molecule has 0 aliphatic rings. The number of sulfonamides is 1. The van der Waals surface area contributed by atoms with E-state index in [0.29, 0.717) is 17.1 Å². The van der Waals surface area contributed by atoms with Crippen molar-refractivity contribution in [2.75, 3.05) is 10.6 Å². The molecule has 29 heavy (non-hydrogen) atoms. The molecule has 0 fully saturated rings. The molecule has 2 rings (SSSR count). The summed E-state index contributed by atoms with van der Waals surface area (Å²) in [6, 6.07) is 9.94. The number of aryl methyl sites for hydroxylation is 3. The molecule has 2 aromatic rings. The Morgan fingerprint density at radius 2 is 1.76 bits per heavy atom. The van der Waals surface area contributed by atoms with Crippen molar-refractivity contribution < 1.29 is 13.2 Å². The van der Waals surface area contributed by atoms with E-state index in [1.54, 1.807) is 25.1 Å². The SMILES string of the molecule is CC[C@@H](NC(=O)[C@H](C)N(c1ccc(C)c(Cl)c1)S(C)(=O)=O)c1ccc(C)cc1C. The Labute approximate surface area is 179 Å². The van der Waals surface area contributed by atoms with Gasteiger partial charge in [-0.05, 0) is 62.9 Å². The summed E-state index contributed by atoms with van der Waals surface area (Å²) in [5.74, 6) is -0.362. The van der Waals surface area contributed by atoms with E-state index < -0.39 is 16.1 Å². The summed E-state index contributed by atoms with van der Waals surface area (Å²) in [6.45, 7) is 9.44. The average Bonchev–Trinajstić information content (AvgIpc) is 2.62. The van der Waals surface area contributed by atoms with Gasteiger partial charge in [0.2, 0.25) is 15.9 Å². The minimum atomic E-state index is -3.70. The first-order valence-electron chi connectivity index (χ1n) is 9.58. The molecule has 2 atom stereocenters. The Bertz CT molecular complexity index is 1010. The van der Waals surface area contributed by atoms with Crippen molar-refractivity contribution >= 4 is 33.2 Å². The fraction of sp³-hybridized carbons (Fsp3) is 0.409. The van der Waals surface area contributed by atoms with Gasteiger partial charge in [0.1, 0.15) is 6.04 Å². The van der Waals surface area contributed by atoms with E-state index >= 15 is 0 Å². The fourth-order valence-corrected chi connectivity index (χ4v) is 4.78. The van der Waals surface area contributed by atoms with Gasteiger partial charge in [0.15, 0.2) is 0 Å². The van der Waals surface area contributed by atoms with E-state index in [1.807, 2.05) is 39.8 Å². The maximum atomic E-state index is 13.0. The van der Waals surface area contributed by atoms with Crippen molar-refractivity contribution in [1.29, 1.82) is 0 Å². The smallest absolute Gasteiger partial charge is 0.244 e. The summed E-state index contributed by atoms with van der Waals surface area (Å²) in [4.78, 5) is 13.0. The molecule has 158 valence electrons. The summed E-state index contributed by atoms with van der Waals surface area (Å²) in [5.41, 5.74) is 4.48. The van der Waals surface area contributed by atoms with E-state index in [1.165, 1.54) is 0 Å². The van der Waals surface area contributed by atoms with Gasteiger partial charge in [-0.1, -0.05) is 48.4 Å². The second-order valence-corrected chi connectivity index (χ2v) is 9.76. The Kier molecular flexibility index (Phi) is 7.35. The second-order valence-electron chi connectivity index (χ2n) is 7.50. The number of rotatable bonds is 7. The molecule has 0 aromatic heterocycles. The zero-order valence-corrected chi connectivity index (χ0v) is 19.4. The lowest BCUT2D eigenvalue weighted by Crippen LogP contribution is -2.48. The first-order valence-corrected chi connectivity index (χ1v) is 11.8. The van der Waals surface area contributed by atoms with Gasteiger partial charge in [-0.25, -0.2) is 8.42 Å². The number of nitrogens with one attached hydrogen (secondary N) is 1. The van der Waals surface area contributed by atoms with E-state index in [2.05, 4.69) is 11.4 Å². The molecular weight excluding hydrogens is 408 g/mol. The molecule has 0 heterocycles.